The highest BCUT2D eigenvalue weighted by molar-refractivity contribution is 5.62. The number of ether oxygens (including phenoxy) is 2. The van der Waals surface area contributed by atoms with E-state index >= 15 is 0 Å². The third-order valence-corrected chi connectivity index (χ3v) is 5.15. The average molecular weight is 343 g/mol. The molecule has 130 valence electrons. The molecule has 25 heavy (non-hydrogen) atoms. The fraction of sp³-hybridized carbons (Fsp3) is 0.300. The summed E-state index contributed by atoms with van der Waals surface area (Å²) in [7, 11) is 3.19. The highest BCUT2D eigenvalue weighted by atomic mass is 19.1. The van der Waals surface area contributed by atoms with Crippen molar-refractivity contribution in [3.05, 3.63) is 65.2 Å². The van der Waals surface area contributed by atoms with Gasteiger partial charge >= 0.3 is 0 Å². The Balaban J connectivity index is 1.85. The molecule has 0 saturated carbocycles. The molecule has 0 spiro atoms. The number of nitrogens with one attached hydrogen (secondary N) is 1. The van der Waals surface area contributed by atoms with E-state index in [9.17, 15) is 8.78 Å². The van der Waals surface area contributed by atoms with Crippen molar-refractivity contribution in [2.75, 3.05) is 19.5 Å². The molecule has 1 heterocycles. The van der Waals surface area contributed by atoms with Crippen LogP contribution in [0.25, 0.3) is 0 Å². The maximum Gasteiger partial charge on any atom is 0.165 e. The maximum atomic E-state index is 14.4. The molecule has 4 rings (SSSR count). The zero-order valence-corrected chi connectivity index (χ0v) is 14.1. The van der Waals surface area contributed by atoms with Crippen LogP contribution in [-0.4, -0.2) is 14.2 Å². The minimum Gasteiger partial charge on any atom is -0.493 e. The van der Waals surface area contributed by atoms with E-state index in [-0.39, 0.29) is 17.9 Å². The molecule has 2 aliphatic rings. The molecule has 1 aliphatic carbocycles. The molecular weight excluding hydrogens is 324 g/mol. The standard InChI is InChI=1S/C20H19F2NO2/c1-24-17-8-4-7-14(20(17)25-2)18-13-6-3-5-12(13)15-9-11(21)10-16(22)19(15)23-18/h3-5,7-10,12-13,18,23H,6H2,1-2H3/t12-,13+,18+/m0/s1. The predicted molar refractivity (Wildman–Crippen MR) is 92.3 cm³/mol. The van der Waals surface area contributed by atoms with Crippen LogP contribution < -0.4 is 14.8 Å². The van der Waals surface area contributed by atoms with Gasteiger partial charge < -0.3 is 14.8 Å². The third kappa shape index (κ3) is 2.46. The number of benzene rings is 2. The van der Waals surface area contributed by atoms with Crippen molar-refractivity contribution < 1.29 is 18.3 Å². The Kier molecular flexibility index (Phi) is 3.86. The van der Waals surface area contributed by atoms with Crippen LogP contribution in [0.1, 0.15) is 29.5 Å². The van der Waals surface area contributed by atoms with E-state index in [0.717, 1.165) is 18.1 Å². The van der Waals surface area contributed by atoms with Crippen LogP contribution in [0.3, 0.4) is 0 Å². The number of fused-ring (bicyclic) bond motifs is 3. The Morgan fingerprint density at radius 1 is 1.08 bits per heavy atom. The van der Waals surface area contributed by atoms with Gasteiger partial charge in [0.05, 0.1) is 25.9 Å². The van der Waals surface area contributed by atoms with Crippen molar-refractivity contribution in [3.8, 4) is 11.5 Å². The van der Waals surface area contributed by atoms with Crippen LogP contribution in [-0.2, 0) is 0 Å². The molecule has 0 unspecified atom stereocenters. The van der Waals surface area contributed by atoms with Crippen molar-refractivity contribution in [2.24, 2.45) is 5.92 Å². The largest absolute Gasteiger partial charge is 0.493 e. The monoisotopic (exact) mass is 343 g/mol. The Hall–Kier alpha value is -2.56. The zero-order valence-electron chi connectivity index (χ0n) is 14.1. The van der Waals surface area contributed by atoms with Gasteiger partial charge in [-0.05, 0) is 30.0 Å². The first-order chi connectivity index (χ1) is 12.1. The highest BCUT2D eigenvalue weighted by Crippen LogP contribution is 2.52. The number of halogens is 2. The Morgan fingerprint density at radius 3 is 2.68 bits per heavy atom. The molecule has 0 aromatic heterocycles. The Morgan fingerprint density at radius 2 is 1.92 bits per heavy atom. The summed E-state index contributed by atoms with van der Waals surface area (Å²) < 4.78 is 39.1. The van der Waals surface area contributed by atoms with Crippen molar-refractivity contribution in [3.63, 3.8) is 0 Å². The van der Waals surface area contributed by atoms with Gasteiger partial charge in [-0.3, -0.25) is 0 Å². The minimum atomic E-state index is -0.569. The molecule has 3 atom stereocenters. The van der Waals surface area contributed by atoms with Crippen molar-refractivity contribution in [1.29, 1.82) is 0 Å². The minimum absolute atomic E-state index is 0.0256. The van der Waals surface area contributed by atoms with Gasteiger partial charge in [0.2, 0.25) is 0 Å². The summed E-state index contributed by atoms with van der Waals surface area (Å²) in [5.41, 5.74) is 1.95. The molecule has 0 radical (unpaired) electrons. The average Bonchev–Trinajstić information content (AvgIpc) is 3.10. The topological polar surface area (TPSA) is 30.5 Å². The molecule has 2 aromatic rings. The molecule has 0 bridgehead atoms. The lowest BCUT2D eigenvalue weighted by atomic mass is 9.76. The van der Waals surface area contributed by atoms with Crippen LogP contribution in [0, 0.1) is 17.6 Å². The molecule has 5 heteroatoms. The lowest BCUT2D eigenvalue weighted by Gasteiger charge is -2.38. The van der Waals surface area contributed by atoms with Gasteiger partial charge in [0.25, 0.3) is 0 Å². The SMILES string of the molecule is COc1cccc([C@@H]2Nc3c(F)cc(F)cc3[C@H]3C=CC[C@H]32)c1OC. The Labute approximate surface area is 145 Å². The Bertz CT molecular complexity index is 850. The highest BCUT2D eigenvalue weighted by Gasteiger charge is 2.40. The number of hydrogen-bond acceptors (Lipinski definition) is 3. The first kappa shape index (κ1) is 15.9. The fourth-order valence-electron chi connectivity index (χ4n) is 4.09. The van der Waals surface area contributed by atoms with E-state index in [1.807, 2.05) is 24.3 Å². The summed E-state index contributed by atoms with van der Waals surface area (Å²) in [6.45, 7) is 0. The van der Waals surface area contributed by atoms with E-state index in [1.165, 1.54) is 6.07 Å². The normalized spacial score (nSPS) is 23.6. The molecule has 0 amide bonds. The molecule has 1 aliphatic heterocycles. The molecule has 1 N–H and O–H groups in total. The first-order valence-corrected chi connectivity index (χ1v) is 8.27. The number of para-hydroxylation sites is 1. The number of rotatable bonds is 3. The summed E-state index contributed by atoms with van der Waals surface area (Å²) in [5.74, 6) is 0.293. The number of methoxy groups -OCH3 is 2. The summed E-state index contributed by atoms with van der Waals surface area (Å²) in [5, 5.41) is 3.29. The molecule has 0 saturated heterocycles. The second-order valence-electron chi connectivity index (χ2n) is 6.41. The fourth-order valence-corrected chi connectivity index (χ4v) is 4.09. The summed E-state index contributed by atoms with van der Waals surface area (Å²) in [6, 6.07) is 7.88. The van der Waals surface area contributed by atoms with Crippen LogP contribution in [0.15, 0.2) is 42.5 Å². The van der Waals surface area contributed by atoms with E-state index < -0.39 is 11.6 Å². The van der Waals surface area contributed by atoms with Gasteiger partial charge in [-0.2, -0.15) is 0 Å². The first-order valence-electron chi connectivity index (χ1n) is 8.27. The smallest absolute Gasteiger partial charge is 0.165 e. The second-order valence-corrected chi connectivity index (χ2v) is 6.41. The maximum absolute atomic E-state index is 14.4. The lowest BCUT2D eigenvalue weighted by Crippen LogP contribution is -2.30. The second kappa shape index (κ2) is 6.06. The van der Waals surface area contributed by atoms with Crippen LogP contribution in [0.5, 0.6) is 11.5 Å². The van der Waals surface area contributed by atoms with Gasteiger partial charge in [0, 0.05) is 17.5 Å². The van der Waals surface area contributed by atoms with Gasteiger partial charge in [-0.25, -0.2) is 8.78 Å². The van der Waals surface area contributed by atoms with Crippen molar-refractivity contribution in [1.82, 2.24) is 0 Å². The molecule has 3 nitrogen and oxygen atoms in total. The van der Waals surface area contributed by atoms with Gasteiger partial charge in [0.1, 0.15) is 11.6 Å². The van der Waals surface area contributed by atoms with Gasteiger partial charge in [-0.1, -0.05) is 24.3 Å². The van der Waals surface area contributed by atoms with Crippen molar-refractivity contribution in [2.45, 2.75) is 18.4 Å². The summed E-state index contributed by atoms with van der Waals surface area (Å²) in [6.07, 6.45) is 4.96. The molecule has 2 aromatic carbocycles. The predicted octanol–water partition coefficient (Wildman–Crippen LogP) is 4.81. The summed E-state index contributed by atoms with van der Waals surface area (Å²) in [4.78, 5) is 0. The lowest BCUT2D eigenvalue weighted by molar-refractivity contribution is 0.340. The van der Waals surface area contributed by atoms with Crippen molar-refractivity contribution >= 4 is 5.69 Å². The van der Waals surface area contributed by atoms with E-state index in [4.69, 9.17) is 9.47 Å². The quantitative estimate of drug-likeness (QED) is 0.812. The molecular formula is C20H19F2NO2. The van der Waals surface area contributed by atoms with E-state index in [2.05, 4.69) is 11.4 Å². The van der Waals surface area contributed by atoms with Gasteiger partial charge in [-0.15, -0.1) is 0 Å². The zero-order chi connectivity index (χ0) is 17.6. The number of allylic oxidation sites excluding steroid dienone is 2. The number of hydrogen-bond donors (Lipinski definition) is 1. The van der Waals surface area contributed by atoms with Crippen LogP contribution in [0.2, 0.25) is 0 Å². The van der Waals surface area contributed by atoms with E-state index in [0.29, 0.717) is 22.7 Å². The third-order valence-electron chi connectivity index (χ3n) is 5.15. The summed E-state index contributed by atoms with van der Waals surface area (Å²) >= 11 is 0. The van der Waals surface area contributed by atoms with Gasteiger partial charge in [0.15, 0.2) is 11.5 Å². The van der Waals surface area contributed by atoms with Crippen LogP contribution in [0.4, 0.5) is 14.5 Å². The number of anilines is 1. The molecule has 0 fully saturated rings. The van der Waals surface area contributed by atoms with E-state index in [1.54, 1.807) is 14.2 Å². The van der Waals surface area contributed by atoms with Crippen LogP contribution >= 0.6 is 0 Å².